The molecule has 5 heteroatoms. The summed E-state index contributed by atoms with van der Waals surface area (Å²) in [6, 6.07) is 6.77. The molecule has 5 nitrogen and oxygen atoms in total. The van der Waals surface area contributed by atoms with E-state index in [2.05, 4.69) is 16.3 Å². The topological polar surface area (TPSA) is 68.5 Å². The molecule has 0 saturated carbocycles. The zero-order valence-corrected chi connectivity index (χ0v) is 11.7. The average Bonchev–Trinajstić information content (AvgIpc) is 2.39. The summed E-state index contributed by atoms with van der Waals surface area (Å²) in [4.78, 5) is 2.10. The van der Waals surface area contributed by atoms with Crippen molar-refractivity contribution < 1.29 is 9.84 Å². The molecule has 1 aromatic rings. The number of ether oxygens (including phenoxy) is 1. The van der Waals surface area contributed by atoms with Crippen molar-refractivity contribution in [3.8, 4) is 17.6 Å². The zero-order chi connectivity index (χ0) is 14.3. The molecule has 1 unspecified atom stereocenters. The van der Waals surface area contributed by atoms with Gasteiger partial charge in [-0.3, -0.25) is 5.32 Å². The summed E-state index contributed by atoms with van der Waals surface area (Å²) in [6.07, 6.45) is 0.973. The molecule has 0 aliphatic rings. The van der Waals surface area contributed by atoms with E-state index >= 15 is 0 Å². The largest absolute Gasteiger partial charge is 0.504 e. The van der Waals surface area contributed by atoms with E-state index < -0.39 is 6.04 Å². The molecule has 104 valence electrons. The van der Waals surface area contributed by atoms with Crippen molar-refractivity contribution in [1.29, 1.82) is 5.26 Å². The molecule has 0 aromatic heterocycles. The van der Waals surface area contributed by atoms with E-state index in [1.807, 2.05) is 14.1 Å². The van der Waals surface area contributed by atoms with Gasteiger partial charge in [-0.05, 0) is 51.3 Å². The zero-order valence-electron chi connectivity index (χ0n) is 11.7. The van der Waals surface area contributed by atoms with Gasteiger partial charge in [-0.15, -0.1) is 0 Å². The van der Waals surface area contributed by atoms with Crippen molar-refractivity contribution >= 4 is 0 Å². The van der Waals surface area contributed by atoms with Crippen LogP contribution in [0.2, 0.25) is 0 Å². The monoisotopic (exact) mass is 263 g/mol. The van der Waals surface area contributed by atoms with Crippen molar-refractivity contribution in [1.82, 2.24) is 10.2 Å². The summed E-state index contributed by atoms with van der Waals surface area (Å²) in [7, 11) is 5.53. The minimum absolute atomic E-state index is 0.0792. The smallest absolute Gasteiger partial charge is 0.160 e. The number of methoxy groups -OCH3 is 1. The molecule has 0 radical (unpaired) electrons. The number of nitriles is 1. The molecule has 0 bridgehead atoms. The second-order valence-corrected chi connectivity index (χ2v) is 4.60. The van der Waals surface area contributed by atoms with Crippen LogP contribution in [0.1, 0.15) is 18.0 Å². The Morgan fingerprint density at radius 1 is 1.47 bits per heavy atom. The van der Waals surface area contributed by atoms with Gasteiger partial charge in [-0.2, -0.15) is 5.26 Å². The van der Waals surface area contributed by atoms with Crippen LogP contribution >= 0.6 is 0 Å². The highest BCUT2D eigenvalue weighted by molar-refractivity contribution is 5.43. The van der Waals surface area contributed by atoms with E-state index in [0.717, 1.165) is 25.1 Å². The van der Waals surface area contributed by atoms with Gasteiger partial charge in [0.15, 0.2) is 11.5 Å². The van der Waals surface area contributed by atoms with E-state index in [0.29, 0.717) is 5.75 Å². The number of benzene rings is 1. The van der Waals surface area contributed by atoms with Crippen LogP contribution in [-0.4, -0.2) is 44.3 Å². The van der Waals surface area contributed by atoms with Crippen LogP contribution in [0.5, 0.6) is 11.5 Å². The van der Waals surface area contributed by atoms with Crippen LogP contribution in [0, 0.1) is 11.3 Å². The van der Waals surface area contributed by atoms with Crippen molar-refractivity contribution in [3.63, 3.8) is 0 Å². The molecule has 0 amide bonds. The number of aromatic hydroxyl groups is 1. The third-order valence-electron chi connectivity index (χ3n) is 2.80. The number of phenols is 1. The maximum absolute atomic E-state index is 9.53. The number of phenolic OH excluding ortho intramolecular Hbond substituents is 1. The predicted octanol–water partition coefficient (Wildman–Crippen LogP) is 1.51. The molecule has 0 spiro atoms. The summed E-state index contributed by atoms with van der Waals surface area (Å²) in [5, 5.41) is 21.9. The lowest BCUT2D eigenvalue weighted by atomic mass is 10.1. The molecule has 0 fully saturated rings. The summed E-state index contributed by atoms with van der Waals surface area (Å²) in [5.41, 5.74) is 0.794. The lowest BCUT2D eigenvalue weighted by Gasteiger charge is -2.14. The summed E-state index contributed by atoms with van der Waals surface area (Å²) < 4.78 is 5.04. The van der Waals surface area contributed by atoms with Gasteiger partial charge in [0.1, 0.15) is 6.04 Å². The number of nitrogens with one attached hydrogen (secondary N) is 1. The van der Waals surface area contributed by atoms with Crippen molar-refractivity contribution in [2.75, 3.05) is 34.3 Å². The van der Waals surface area contributed by atoms with E-state index in [1.54, 1.807) is 18.2 Å². The van der Waals surface area contributed by atoms with Gasteiger partial charge in [-0.25, -0.2) is 0 Å². The Balaban J connectivity index is 2.62. The van der Waals surface area contributed by atoms with Gasteiger partial charge in [0.05, 0.1) is 13.2 Å². The average molecular weight is 263 g/mol. The van der Waals surface area contributed by atoms with Gasteiger partial charge in [-0.1, -0.05) is 6.07 Å². The lowest BCUT2D eigenvalue weighted by molar-refractivity contribution is 0.372. The normalized spacial score (nSPS) is 12.2. The maximum atomic E-state index is 9.53. The molecule has 1 aromatic carbocycles. The van der Waals surface area contributed by atoms with Crippen LogP contribution in [0.4, 0.5) is 0 Å². The van der Waals surface area contributed by atoms with E-state index in [4.69, 9.17) is 4.74 Å². The highest BCUT2D eigenvalue weighted by atomic mass is 16.5. The van der Waals surface area contributed by atoms with Crippen molar-refractivity contribution in [2.45, 2.75) is 12.5 Å². The van der Waals surface area contributed by atoms with Crippen LogP contribution in [-0.2, 0) is 0 Å². The molecule has 0 heterocycles. The van der Waals surface area contributed by atoms with Crippen LogP contribution < -0.4 is 10.1 Å². The maximum Gasteiger partial charge on any atom is 0.160 e. The third kappa shape index (κ3) is 4.78. The molecule has 2 N–H and O–H groups in total. The minimum atomic E-state index is -0.392. The SMILES string of the molecule is COc1cc(C(C#N)NCCCN(C)C)ccc1O. The second kappa shape index (κ2) is 7.62. The molecule has 0 aliphatic carbocycles. The molecular formula is C14H21N3O2. The summed E-state index contributed by atoms with van der Waals surface area (Å²) >= 11 is 0. The Hall–Kier alpha value is -1.77. The number of rotatable bonds is 7. The second-order valence-electron chi connectivity index (χ2n) is 4.60. The third-order valence-corrected chi connectivity index (χ3v) is 2.80. The highest BCUT2D eigenvalue weighted by Crippen LogP contribution is 2.28. The Kier molecular flexibility index (Phi) is 6.13. The fraction of sp³-hybridized carbons (Fsp3) is 0.500. The first-order valence-corrected chi connectivity index (χ1v) is 6.23. The van der Waals surface area contributed by atoms with Gasteiger partial charge in [0.2, 0.25) is 0 Å². The van der Waals surface area contributed by atoms with Gasteiger partial charge >= 0.3 is 0 Å². The first-order chi connectivity index (χ1) is 9.08. The van der Waals surface area contributed by atoms with Gasteiger partial charge in [0, 0.05) is 0 Å². The molecule has 0 aliphatic heterocycles. The fourth-order valence-corrected chi connectivity index (χ4v) is 1.75. The van der Waals surface area contributed by atoms with E-state index in [1.165, 1.54) is 7.11 Å². The van der Waals surface area contributed by atoms with Crippen molar-refractivity contribution in [2.24, 2.45) is 0 Å². The van der Waals surface area contributed by atoms with Gasteiger partial charge in [0.25, 0.3) is 0 Å². The van der Waals surface area contributed by atoms with Gasteiger partial charge < -0.3 is 14.7 Å². The summed E-state index contributed by atoms with van der Waals surface area (Å²) in [5.74, 6) is 0.461. The van der Waals surface area contributed by atoms with E-state index in [9.17, 15) is 10.4 Å². The number of hydrogen-bond donors (Lipinski definition) is 2. The number of hydrogen-bond acceptors (Lipinski definition) is 5. The van der Waals surface area contributed by atoms with Crippen LogP contribution in [0.3, 0.4) is 0 Å². The standard InChI is InChI=1S/C14H21N3O2/c1-17(2)8-4-7-16-12(10-15)11-5-6-13(18)14(9-11)19-3/h5-6,9,12,16,18H,4,7-8H2,1-3H3. The predicted molar refractivity (Wildman–Crippen MR) is 74.2 cm³/mol. The summed E-state index contributed by atoms with van der Waals surface area (Å²) in [6.45, 7) is 1.74. The van der Waals surface area contributed by atoms with E-state index in [-0.39, 0.29) is 5.75 Å². The Labute approximate surface area is 114 Å². The first-order valence-electron chi connectivity index (χ1n) is 6.23. The molecule has 1 atom stereocenters. The quantitative estimate of drug-likeness (QED) is 0.730. The van der Waals surface area contributed by atoms with Crippen molar-refractivity contribution in [3.05, 3.63) is 23.8 Å². The Bertz CT molecular complexity index is 441. The minimum Gasteiger partial charge on any atom is -0.504 e. The first kappa shape index (κ1) is 15.3. The number of nitrogens with zero attached hydrogens (tertiary/aromatic N) is 2. The Morgan fingerprint density at radius 2 is 2.21 bits per heavy atom. The van der Waals surface area contributed by atoms with Crippen LogP contribution in [0.15, 0.2) is 18.2 Å². The fourth-order valence-electron chi connectivity index (χ4n) is 1.75. The Morgan fingerprint density at radius 3 is 2.79 bits per heavy atom. The van der Waals surface area contributed by atoms with Crippen LogP contribution in [0.25, 0.3) is 0 Å². The highest BCUT2D eigenvalue weighted by Gasteiger charge is 2.12. The molecule has 0 saturated heterocycles. The molecule has 1 rings (SSSR count). The molecule has 19 heavy (non-hydrogen) atoms. The lowest BCUT2D eigenvalue weighted by Crippen LogP contribution is -2.24. The molecular weight excluding hydrogens is 242 g/mol.